The summed E-state index contributed by atoms with van der Waals surface area (Å²) < 4.78 is 4.44. The topological polar surface area (TPSA) is 84.1 Å². The van der Waals surface area contributed by atoms with Gasteiger partial charge >= 0.3 is 5.97 Å². The van der Waals surface area contributed by atoms with E-state index < -0.39 is 5.97 Å². The van der Waals surface area contributed by atoms with Crippen molar-refractivity contribution >= 4 is 34.5 Å². The lowest BCUT2D eigenvalue weighted by atomic mass is 10.3. The zero-order valence-corrected chi connectivity index (χ0v) is 12.8. The number of rotatable bonds is 6. The van der Waals surface area contributed by atoms with Crippen LogP contribution in [0.1, 0.15) is 12.2 Å². The summed E-state index contributed by atoms with van der Waals surface area (Å²) in [5.74, 6) is 0.137. The molecule has 2 aromatic rings. The molecule has 0 saturated carbocycles. The number of fused-ring (bicyclic) bond motifs is 1. The SMILES string of the molecule is COC(=O)/C=C/CNC(=O)CCc1nc2c(Cl)cccc2[nH]1. The number of nitrogens with zero attached hydrogens (tertiary/aromatic N) is 1. The molecule has 0 bridgehead atoms. The van der Waals surface area contributed by atoms with Gasteiger partial charge in [-0.25, -0.2) is 9.78 Å². The van der Waals surface area contributed by atoms with Gasteiger partial charge in [0.2, 0.25) is 5.91 Å². The number of carbonyl (C=O) groups excluding carboxylic acids is 2. The number of carbonyl (C=O) groups is 2. The van der Waals surface area contributed by atoms with E-state index in [1.807, 2.05) is 12.1 Å². The van der Waals surface area contributed by atoms with Crippen LogP contribution in [0, 0.1) is 0 Å². The molecule has 1 amide bonds. The van der Waals surface area contributed by atoms with Crippen molar-refractivity contribution in [3.05, 3.63) is 41.2 Å². The molecule has 1 aromatic carbocycles. The molecule has 0 radical (unpaired) electrons. The van der Waals surface area contributed by atoms with E-state index in [2.05, 4.69) is 20.0 Å². The van der Waals surface area contributed by atoms with Gasteiger partial charge < -0.3 is 15.0 Å². The molecule has 22 heavy (non-hydrogen) atoms. The molecule has 0 saturated heterocycles. The number of amides is 1. The van der Waals surface area contributed by atoms with Gasteiger partial charge in [0.15, 0.2) is 0 Å². The Morgan fingerprint density at radius 2 is 2.27 bits per heavy atom. The van der Waals surface area contributed by atoms with Gasteiger partial charge in [-0.05, 0) is 12.1 Å². The highest BCUT2D eigenvalue weighted by Gasteiger charge is 2.07. The second kappa shape index (κ2) is 7.61. The quantitative estimate of drug-likeness (QED) is 0.629. The fraction of sp³-hybridized carbons (Fsp3) is 0.267. The minimum Gasteiger partial charge on any atom is -0.466 e. The first kappa shape index (κ1) is 16.0. The van der Waals surface area contributed by atoms with Crippen LogP contribution in [0.25, 0.3) is 11.0 Å². The van der Waals surface area contributed by atoms with Crippen LogP contribution in [0.2, 0.25) is 5.02 Å². The van der Waals surface area contributed by atoms with E-state index in [1.165, 1.54) is 19.3 Å². The number of benzene rings is 1. The zero-order valence-electron chi connectivity index (χ0n) is 12.1. The fourth-order valence-corrected chi connectivity index (χ4v) is 2.10. The number of aryl methyl sites for hydroxylation is 1. The van der Waals surface area contributed by atoms with E-state index in [0.717, 1.165) is 5.52 Å². The fourth-order valence-electron chi connectivity index (χ4n) is 1.88. The first-order valence-electron chi connectivity index (χ1n) is 6.74. The molecule has 7 heteroatoms. The number of halogens is 1. The van der Waals surface area contributed by atoms with Gasteiger partial charge in [-0.3, -0.25) is 4.79 Å². The second-order valence-corrected chi connectivity index (χ2v) is 4.96. The van der Waals surface area contributed by atoms with Gasteiger partial charge in [-0.2, -0.15) is 0 Å². The number of aromatic nitrogens is 2. The van der Waals surface area contributed by atoms with E-state index in [1.54, 1.807) is 6.07 Å². The summed E-state index contributed by atoms with van der Waals surface area (Å²) in [6.45, 7) is 0.278. The van der Waals surface area contributed by atoms with Crippen LogP contribution in [0.5, 0.6) is 0 Å². The van der Waals surface area contributed by atoms with Crippen molar-refractivity contribution < 1.29 is 14.3 Å². The summed E-state index contributed by atoms with van der Waals surface area (Å²) in [6, 6.07) is 5.50. The molecule has 2 N–H and O–H groups in total. The molecule has 0 fully saturated rings. The molecular formula is C15H16ClN3O3. The molecule has 1 aromatic heterocycles. The van der Waals surface area contributed by atoms with Crippen LogP contribution in [0.15, 0.2) is 30.4 Å². The molecule has 6 nitrogen and oxygen atoms in total. The third kappa shape index (κ3) is 4.33. The van der Waals surface area contributed by atoms with Crippen LogP contribution in [-0.2, 0) is 20.7 Å². The Bertz CT molecular complexity index is 709. The highest BCUT2D eigenvalue weighted by atomic mass is 35.5. The average Bonchev–Trinajstić information content (AvgIpc) is 2.94. The van der Waals surface area contributed by atoms with Crippen molar-refractivity contribution in [1.29, 1.82) is 0 Å². The van der Waals surface area contributed by atoms with E-state index in [-0.39, 0.29) is 12.5 Å². The number of hydrogen-bond acceptors (Lipinski definition) is 4. The number of para-hydroxylation sites is 1. The summed E-state index contributed by atoms with van der Waals surface area (Å²) in [7, 11) is 1.30. The second-order valence-electron chi connectivity index (χ2n) is 4.55. The highest BCUT2D eigenvalue weighted by molar-refractivity contribution is 6.34. The summed E-state index contributed by atoms with van der Waals surface area (Å²) in [5.41, 5.74) is 1.56. The molecule has 0 aliphatic heterocycles. The Balaban J connectivity index is 1.81. The number of hydrogen-bond donors (Lipinski definition) is 2. The standard InChI is InChI=1S/C15H16ClN3O3/c1-22-14(21)6-3-9-17-13(20)8-7-12-18-11-5-2-4-10(16)15(11)19-12/h2-6H,7-9H2,1H3,(H,17,20)(H,18,19)/b6-3+. The molecule has 0 spiro atoms. The monoisotopic (exact) mass is 321 g/mol. The molecule has 0 unspecified atom stereocenters. The predicted octanol–water partition coefficient (Wildman–Crippen LogP) is 1.99. The predicted molar refractivity (Wildman–Crippen MR) is 83.6 cm³/mol. The molecule has 116 valence electrons. The minimum atomic E-state index is -0.451. The lowest BCUT2D eigenvalue weighted by Gasteiger charge is -2.00. The van der Waals surface area contributed by atoms with E-state index >= 15 is 0 Å². The largest absolute Gasteiger partial charge is 0.466 e. The number of esters is 1. The van der Waals surface area contributed by atoms with Gasteiger partial charge in [0.1, 0.15) is 11.3 Å². The maximum Gasteiger partial charge on any atom is 0.330 e. The lowest BCUT2D eigenvalue weighted by Crippen LogP contribution is -2.23. The maximum absolute atomic E-state index is 11.7. The van der Waals surface area contributed by atoms with Crippen molar-refractivity contribution in [3.8, 4) is 0 Å². The Kier molecular flexibility index (Phi) is 5.55. The first-order chi connectivity index (χ1) is 10.6. The van der Waals surface area contributed by atoms with E-state index in [0.29, 0.717) is 29.2 Å². The van der Waals surface area contributed by atoms with Crippen LogP contribution in [-0.4, -0.2) is 35.5 Å². The number of nitrogens with one attached hydrogen (secondary N) is 2. The Morgan fingerprint density at radius 3 is 3.00 bits per heavy atom. The van der Waals surface area contributed by atoms with Crippen LogP contribution >= 0.6 is 11.6 Å². The minimum absolute atomic E-state index is 0.124. The molecule has 0 aliphatic rings. The number of ether oxygens (including phenoxy) is 1. The molecule has 0 atom stereocenters. The molecule has 0 aliphatic carbocycles. The van der Waals surface area contributed by atoms with Gasteiger partial charge in [-0.1, -0.05) is 23.7 Å². The van der Waals surface area contributed by atoms with Crippen LogP contribution in [0.3, 0.4) is 0 Å². The first-order valence-corrected chi connectivity index (χ1v) is 7.12. The zero-order chi connectivity index (χ0) is 15.9. The number of H-pyrrole nitrogens is 1. The normalized spacial score (nSPS) is 11.0. The Labute approximate surface area is 132 Å². The average molecular weight is 322 g/mol. The summed E-state index contributed by atoms with van der Waals surface area (Å²) >= 11 is 6.05. The summed E-state index contributed by atoms with van der Waals surface area (Å²) in [4.78, 5) is 30.0. The van der Waals surface area contributed by atoms with Gasteiger partial charge in [0.05, 0.1) is 17.6 Å². The number of methoxy groups -OCH3 is 1. The van der Waals surface area contributed by atoms with Gasteiger partial charge in [0.25, 0.3) is 0 Å². The Hall–Kier alpha value is -2.34. The number of imidazole rings is 1. The van der Waals surface area contributed by atoms with Crippen molar-refractivity contribution in [2.75, 3.05) is 13.7 Å². The lowest BCUT2D eigenvalue weighted by molar-refractivity contribution is -0.134. The number of aromatic amines is 1. The van der Waals surface area contributed by atoms with Crippen molar-refractivity contribution in [1.82, 2.24) is 15.3 Å². The molecular weight excluding hydrogens is 306 g/mol. The van der Waals surface area contributed by atoms with Gasteiger partial charge in [-0.15, -0.1) is 0 Å². The van der Waals surface area contributed by atoms with Crippen molar-refractivity contribution in [3.63, 3.8) is 0 Å². The Morgan fingerprint density at radius 1 is 1.45 bits per heavy atom. The van der Waals surface area contributed by atoms with E-state index in [9.17, 15) is 9.59 Å². The molecule has 1 heterocycles. The van der Waals surface area contributed by atoms with E-state index in [4.69, 9.17) is 11.6 Å². The van der Waals surface area contributed by atoms with Crippen LogP contribution < -0.4 is 5.32 Å². The molecule has 2 rings (SSSR count). The van der Waals surface area contributed by atoms with Crippen molar-refractivity contribution in [2.45, 2.75) is 12.8 Å². The van der Waals surface area contributed by atoms with Gasteiger partial charge in [0, 0.05) is 25.5 Å². The highest BCUT2D eigenvalue weighted by Crippen LogP contribution is 2.21. The third-order valence-corrected chi connectivity index (χ3v) is 3.28. The smallest absolute Gasteiger partial charge is 0.330 e. The van der Waals surface area contributed by atoms with Crippen molar-refractivity contribution in [2.24, 2.45) is 0 Å². The maximum atomic E-state index is 11.7. The summed E-state index contributed by atoms with van der Waals surface area (Å²) in [5, 5.41) is 3.26. The summed E-state index contributed by atoms with van der Waals surface area (Å²) in [6.07, 6.45) is 3.58. The van der Waals surface area contributed by atoms with Crippen LogP contribution in [0.4, 0.5) is 0 Å². The third-order valence-electron chi connectivity index (χ3n) is 2.97.